The van der Waals surface area contributed by atoms with Gasteiger partial charge in [-0.05, 0) is 80.5 Å². The Kier molecular flexibility index (Phi) is 9.16. The standard InChI is InChI=1S/C28H26ClF3N2O6/c29-21-10-12-23(40-28(31)32)24(25(21)30)17-5-11-22(34(39)14-17)20(13-15-1-8-19(35)9-2-15)26(36)33-18-6-3-16(4-7-18)27(37)38/h3-7,10-12,14-15,19-20,28,35H,1-2,8-9,13H2,(H,33,36)(H,37,38)/t15?,19?,20-/m1/s1. The smallest absolute Gasteiger partial charge is 0.387 e. The lowest BCUT2D eigenvalue weighted by atomic mass is 9.80. The molecule has 12 heteroatoms. The second kappa shape index (κ2) is 12.6. The molecular formula is C28H26ClF3N2O6. The fourth-order valence-corrected chi connectivity index (χ4v) is 5.07. The van der Waals surface area contributed by atoms with Crippen LogP contribution in [0.5, 0.6) is 5.75 Å². The molecule has 0 spiro atoms. The van der Waals surface area contributed by atoms with Crippen molar-refractivity contribution in [1.82, 2.24) is 0 Å². The highest BCUT2D eigenvalue weighted by Crippen LogP contribution is 2.38. The van der Waals surface area contributed by atoms with Crippen LogP contribution in [0.15, 0.2) is 54.7 Å². The van der Waals surface area contributed by atoms with Crippen molar-refractivity contribution in [1.29, 1.82) is 0 Å². The van der Waals surface area contributed by atoms with Crippen LogP contribution in [-0.4, -0.2) is 34.8 Å². The van der Waals surface area contributed by atoms with Crippen molar-refractivity contribution in [3.63, 3.8) is 0 Å². The number of carbonyl (C=O) groups is 2. The second-order valence-electron chi connectivity index (χ2n) is 9.62. The van der Waals surface area contributed by atoms with E-state index in [0.29, 0.717) is 36.1 Å². The number of aromatic carboxylic acids is 1. The van der Waals surface area contributed by atoms with Gasteiger partial charge in [0.05, 0.1) is 27.8 Å². The molecule has 1 aromatic heterocycles. The fraction of sp³-hybridized carbons (Fsp3) is 0.321. The van der Waals surface area contributed by atoms with E-state index >= 15 is 0 Å². The van der Waals surface area contributed by atoms with Gasteiger partial charge in [-0.2, -0.15) is 13.5 Å². The number of rotatable bonds is 9. The summed E-state index contributed by atoms with van der Waals surface area (Å²) in [7, 11) is 0. The number of carboxylic acid groups (broad SMARTS) is 1. The summed E-state index contributed by atoms with van der Waals surface area (Å²) >= 11 is 5.85. The number of ether oxygens (including phenoxy) is 1. The first-order chi connectivity index (χ1) is 19.0. The molecular weight excluding hydrogens is 553 g/mol. The molecule has 1 fully saturated rings. The highest BCUT2D eigenvalue weighted by atomic mass is 35.5. The maximum absolute atomic E-state index is 14.9. The minimum Gasteiger partial charge on any atom is -0.618 e. The third kappa shape index (κ3) is 6.83. The van der Waals surface area contributed by atoms with Gasteiger partial charge >= 0.3 is 12.6 Å². The lowest BCUT2D eigenvalue weighted by Crippen LogP contribution is -2.38. The summed E-state index contributed by atoms with van der Waals surface area (Å²) in [5.74, 6) is -4.14. The molecule has 1 heterocycles. The number of aliphatic hydroxyl groups excluding tert-OH is 1. The molecule has 0 radical (unpaired) electrons. The summed E-state index contributed by atoms with van der Waals surface area (Å²) in [6.45, 7) is -3.25. The summed E-state index contributed by atoms with van der Waals surface area (Å²) in [5, 5.41) is 34.6. The first-order valence-electron chi connectivity index (χ1n) is 12.5. The number of pyridine rings is 1. The summed E-state index contributed by atoms with van der Waals surface area (Å²) in [4.78, 5) is 24.6. The number of halogens is 4. The summed E-state index contributed by atoms with van der Waals surface area (Å²) in [5.41, 5.74) is -0.119. The molecule has 40 heavy (non-hydrogen) atoms. The largest absolute Gasteiger partial charge is 0.618 e. The van der Waals surface area contributed by atoms with Gasteiger partial charge in [0.15, 0.2) is 12.0 Å². The Balaban J connectivity index is 1.67. The summed E-state index contributed by atoms with van der Waals surface area (Å²) in [6.07, 6.45) is 3.25. The Hall–Kier alpha value is -3.83. The number of aromatic nitrogens is 1. The predicted molar refractivity (Wildman–Crippen MR) is 140 cm³/mol. The number of nitrogens with zero attached hydrogens (tertiary/aromatic N) is 1. The fourth-order valence-electron chi connectivity index (χ4n) is 4.91. The molecule has 1 saturated carbocycles. The highest BCUT2D eigenvalue weighted by molar-refractivity contribution is 6.31. The van der Waals surface area contributed by atoms with Crippen LogP contribution < -0.4 is 14.8 Å². The molecule has 0 aliphatic heterocycles. The Morgan fingerprint density at radius 3 is 2.35 bits per heavy atom. The minimum absolute atomic E-state index is 0.0321. The lowest BCUT2D eigenvalue weighted by Gasteiger charge is -2.28. The molecule has 3 aromatic rings. The van der Waals surface area contributed by atoms with E-state index in [0.717, 1.165) is 18.3 Å². The zero-order valence-corrected chi connectivity index (χ0v) is 21.8. The Morgan fingerprint density at radius 2 is 1.75 bits per heavy atom. The number of carbonyl (C=O) groups excluding carboxylic acids is 1. The molecule has 3 N–H and O–H groups in total. The van der Waals surface area contributed by atoms with E-state index in [1.807, 2.05) is 0 Å². The van der Waals surface area contributed by atoms with Crippen molar-refractivity contribution in [2.45, 2.75) is 50.7 Å². The van der Waals surface area contributed by atoms with Crippen LogP contribution in [0.25, 0.3) is 11.1 Å². The molecule has 4 rings (SSSR count). The molecule has 212 valence electrons. The van der Waals surface area contributed by atoms with E-state index in [1.54, 1.807) is 0 Å². The topological polar surface area (TPSA) is 123 Å². The molecule has 1 amide bonds. The van der Waals surface area contributed by atoms with Gasteiger partial charge in [-0.1, -0.05) is 11.6 Å². The molecule has 0 saturated heterocycles. The van der Waals surface area contributed by atoms with Crippen LogP contribution in [0, 0.1) is 16.9 Å². The van der Waals surface area contributed by atoms with Gasteiger partial charge in [0.2, 0.25) is 11.6 Å². The summed E-state index contributed by atoms with van der Waals surface area (Å²) in [6, 6.07) is 10.3. The number of alkyl halides is 2. The van der Waals surface area contributed by atoms with E-state index < -0.39 is 47.6 Å². The van der Waals surface area contributed by atoms with Crippen LogP contribution in [0.2, 0.25) is 5.02 Å². The van der Waals surface area contributed by atoms with Crippen molar-refractivity contribution in [3.05, 3.63) is 82.0 Å². The van der Waals surface area contributed by atoms with Crippen molar-refractivity contribution in [2.75, 3.05) is 5.32 Å². The molecule has 1 aliphatic rings. The number of nitrogens with one attached hydrogen (secondary N) is 1. The van der Waals surface area contributed by atoms with E-state index in [4.69, 9.17) is 16.7 Å². The van der Waals surface area contributed by atoms with Crippen LogP contribution in [-0.2, 0) is 4.79 Å². The predicted octanol–water partition coefficient (Wildman–Crippen LogP) is 5.74. The first-order valence-corrected chi connectivity index (χ1v) is 12.9. The number of carboxylic acids is 1. The Bertz CT molecular complexity index is 1380. The van der Waals surface area contributed by atoms with Gasteiger partial charge in [-0.25, -0.2) is 9.18 Å². The SMILES string of the molecule is O=C(O)c1ccc(NC(=O)[C@H](CC2CCC(O)CC2)c2ccc(-c3c(OC(F)F)ccc(Cl)c3F)c[n+]2[O-])cc1. The Labute approximate surface area is 232 Å². The average molecular weight is 579 g/mol. The number of amides is 1. The van der Waals surface area contributed by atoms with E-state index in [1.165, 1.54) is 36.4 Å². The average Bonchev–Trinajstić information content (AvgIpc) is 2.91. The van der Waals surface area contributed by atoms with Crippen LogP contribution in [0.1, 0.15) is 54.1 Å². The molecule has 0 unspecified atom stereocenters. The van der Waals surface area contributed by atoms with Gasteiger partial charge in [-0.3, -0.25) is 4.79 Å². The van der Waals surface area contributed by atoms with Crippen LogP contribution in [0.3, 0.4) is 0 Å². The minimum atomic E-state index is -3.25. The van der Waals surface area contributed by atoms with Gasteiger partial charge in [-0.15, -0.1) is 0 Å². The molecule has 2 aromatic carbocycles. The zero-order chi connectivity index (χ0) is 29.0. The monoisotopic (exact) mass is 578 g/mol. The molecule has 1 aliphatic carbocycles. The van der Waals surface area contributed by atoms with Crippen molar-refractivity contribution < 1.29 is 42.4 Å². The number of hydrogen-bond donors (Lipinski definition) is 3. The van der Waals surface area contributed by atoms with Gasteiger partial charge in [0.25, 0.3) is 0 Å². The van der Waals surface area contributed by atoms with Crippen LogP contribution in [0.4, 0.5) is 18.9 Å². The molecule has 1 atom stereocenters. The van der Waals surface area contributed by atoms with Gasteiger partial charge < -0.3 is 25.5 Å². The Morgan fingerprint density at radius 1 is 1.07 bits per heavy atom. The third-order valence-corrected chi connectivity index (χ3v) is 7.26. The second-order valence-corrected chi connectivity index (χ2v) is 10.0. The van der Waals surface area contributed by atoms with Gasteiger partial charge in [0, 0.05) is 11.8 Å². The summed E-state index contributed by atoms with van der Waals surface area (Å²) < 4.78 is 45.6. The van der Waals surface area contributed by atoms with Crippen molar-refractivity contribution in [2.24, 2.45) is 5.92 Å². The number of aliphatic hydroxyl groups is 1. The zero-order valence-electron chi connectivity index (χ0n) is 21.0. The van der Waals surface area contributed by atoms with Gasteiger partial charge in [0.1, 0.15) is 11.7 Å². The number of anilines is 1. The maximum atomic E-state index is 14.9. The van der Waals surface area contributed by atoms with E-state index in [-0.39, 0.29) is 34.2 Å². The maximum Gasteiger partial charge on any atom is 0.387 e. The number of benzene rings is 2. The number of hydrogen-bond acceptors (Lipinski definition) is 5. The normalized spacial score (nSPS) is 17.9. The van der Waals surface area contributed by atoms with E-state index in [9.17, 15) is 33.1 Å². The van der Waals surface area contributed by atoms with Crippen LogP contribution >= 0.6 is 11.6 Å². The van der Waals surface area contributed by atoms with E-state index in [2.05, 4.69) is 10.1 Å². The third-order valence-electron chi connectivity index (χ3n) is 6.96. The molecule has 8 nitrogen and oxygen atoms in total. The quantitative estimate of drug-likeness (QED) is 0.220. The highest BCUT2D eigenvalue weighted by Gasteiger charge is 2.33. The van der Waals surface area contributed by atoms with Crippen molar-refractivity contribution >= 4 is 29.2 Å². The lowest BCUT2D eigenvalue weighted by molar-refractivity contribution is -0.614. The van der Waals surface area contributed by atoms with Crippen molar-refractivity contribution in [3.8, 4) is 16.9 Å². The molecule has 0 bridgehead atoms. The first kappa shape index (κ1) is 29.2.